The van der Waals surface area contributed by atoms with E-state index in [1.807, 2.05) is 12.1 Å². The number of fused-ring (bicyclic) bond motifs is 1. The first-order valence-electron chi connectivity index (χ1n) is 9.96. The molecule has 2 fully saturated rings. The summed E-state index contributed by atoms with van der Waals surface area (Å²) < 4.78 is 1.58. The van der Waals surface area contributed by atoms with Crippen molar-refractivity contribution in [1.82, 2.24) is 30.1 Å². The second kappa shape index (κ2) is 7.05. The highest BCUT2D eigenvalue weighted by Crippen LogP contribution is 2.29. The van der Waals surface area contributed by atoms with Gasteiger partial charge in [-0.25, -0.2) is 4.68 Å². The molecule has 30 heavy (non-hydrogen) atoms. The molecule has 1 atom stereocenters. The molecule has 1 aromatic carbocycles. The first-order chi connectivity index (χ1) is 14.5. The summed E-state index contributed by atoms with van der Waals surface area (Å²) >= 11 is 0. The zero-order valence-electron chi connectivity index (χ0n) is 16.2. The number of nitrogens with zero attached hydrogens (tertiary/aromatic N) is 5. The van der Waals surface area contributed by atoms with E-state index in [1.54, 1.807) is 21.8 Å². The normalized spacial score (nSPS) is 21.4. The van der Waals surface area contributed by atoms with Crippen LogP contribution in [-0.2, 0) is 27.5 Å². The number of hydrogen-bond acceptors (Lipinski definition) is 6. The lowest BCUT2D eigenvalue weighted by molar-refractivity contribution is -0.137. The lowest BCUT2D eigenvalue weighted by Crippen LogP contribution is -2.52. The maximum Gasteiger partial charge on any atom is 0.255 e. The van der Waals surface area contributed by atoms with Gasteiger partial charge in [-0.1, -0.05) is 11.3 Å². The number of amides is 4. The van der Waals surface area contributed by atoms with Crippen molar-refractivity contribution in [3.8, 4) is 5.69 Å². The number of carbonyl (C=O) groups is 4. The maximum atomic E-state index is 12.9. The van der Waals surface area contributed by atoms with E-state index in [9.17, 15) is 19.2 Å². The molecule has 5 rings (SSSR count). The second-order valence-corrected chi connectivity index (χ2v) is 7.81. The number of imide groups is 1. The summed E-state index contributed by atoms with van der Waals surface area (Å²) in [7, 11) is 0. The fourth-order valence-electron chi connectivity index (χ4n) is 4.25. The fourth-order valence-corrected chi connectivity index (χ4v) is 4.25. The van der Waals surface area contributed by atoms with Crippen molar-refractivity contribution in [3.05, 3.63) is 41.2 Å². The van der Waals surface area contributed by atoms with E-state index in [1.165, 1.54) is 4.90 Å². The zero-order chi connectivity index (χ0) is 20.8. The van der Waals surface area contributed by atoms with Crippen LogP contribution in [-0.4, -0.2) is 61.0 Å². The van der Waals surface area contributed by atoms with Crippen LogP contribution in [0.1, 0.15) is 47.3 Å². The number of rotatable bonds is 4. The quantitative estimate of drug-likeness (QED) is 0.720. The van der Waals surface area contributed by atoms with Crippen molar-refractivity contribution < 1.29 is 19.2 Å². The molecule has 0 spiro atoms. The van der Waals surface area contributed by atoms with Crippen molar-refractivity contribution in [3.63, 3.8) is 0 Å². The number of aromatic nitrogens is 3. The van der Waals surface area contributed by atoms with E-state index in [-0.39, 0.29) is 24.1 Å². The Labute approximate surface area is 171 Å². The van der Waals surface area contributed by atoms with Crippen LogP contribution >= 0.6 is 0 Å². The van der Waals surface area contributed by atoms with E-state index >= 15 is 0 Å². The van der Waals surface area contributed by atoms with Crippen molar-refractivity contribution >= 4 is 23.6 Å². The van der Waals surface area contributed by atoms with Gasteiger partial charge in [-0.15, -0.1) is 5.10 Å². The van der Waals surface area contributed by atoms with Gasteiger partial charge in [0.25, 0.3) is 5.91 Å². The molecule has 0 bridgehead atoms. The molecule has 10 heteroatoms. The van der Waals surface area contributed by atoms with Crippen molar-refractivity contribution in [2.45, 2.75) is 44.8 Å². The summed E-state index contributed by atoms with van der Waals surface area (Å²) in [5.41, 5.74) is 2.71. The van der Waals surface area contributed by atoms with Gasteiger partial charge in [0.2, 0.25) is 17.7 Å². The largest absolute Gasteiger partial charge is 0.337 e. The molecule has 2 saturated heterocycles. The van der Waals surface area contributed by atoms with Crippen LogP contribution in [0.4, 0.5) is 0 Å². The van der Waals surface area contributed by atoms with Crippen LogP contribution in [0.3, 0.4) is 0 Å². The van der Waals surface area contributed by atoms with Gasteiger partial charge in [0.05, 0.1) is 18.4 Å². The smallest absolute Gasteiger partial charge is 0.255 e. The third-order valence-corrected chi connectivity index (χ3v) is 5.84. The molecule has 4 heterocycles. The number of carbonyl (C=O) groups excluding carboxylic acids is 4. The molecule has 0 radical (unpaired) electrons. The van der Waals surface area contributed by atoms with E-state index in [0.717, 1.165) is 18.5 Å². The molecule has 1 unspecified atom stereocenters. The Morgan fingerprint density at radius 2 is 2.00 bits per heavy atom. The van der Waals surface area contributed by atoms with Crippen LogP contribution < -0.4 is 5.32 Å². The van der Waals surface area contributed by atoms with E-state index in [2.05, 4.69) is 15.6 Å². The minimum absolute atomic E-state index is 0.126. The van der Waals surface area contributed by atoms with Crippen LogP contribution in [0.2, 0.25) is 0 Å². The van der Waals surface area contributed by atoms with Gasteiger partial charge < -0.3 is 9.80 Å². The van der Waals surface area contributed by atoms with E-state index < -0.39 is 11.9 Å². The van der Waals surface area contributed by atoms with Gasteiger partial charge in [-0.05, 0) is 30.5 Å². The maximum absolute atomic E-state index is 12.9. The monoisotopic (exact) mass is 408 g/mol. The average Bonchev–Trinajstić information content (AvgIpc) is 3.43. The number of nitrogens with one attached hydrogen (secondary N) is 1. The summed E-state index contributed by atoms with van der Waals surface area (Å²) in [5.74, 6) is -0.837. The Kier molecular flexibility index (Phi) is 4.34. The van der Waals surface area contributed by atoms with Crippen LogP contribution in [0.5, 0.6) is 0 Å². The first kappa shape index (κ1) is 18.5. The summed E-state index contributed by atoms with van der Waals surface area (Å²) in [6, 6.07) is 4.80. The molecule has 4 amide bonds. The molecule has 10 nitrogen and oxygen atoms in total. The summed E-state index contributed by atoms with van der Waals surface area (Å²) in [6.45, 7) is 1.49. The molecule has 3 aliphatic rings. The number of hydrogen-bond donors (Lipinski definition) is 1. The topological polar surface area (TPSA) is 118 Å². The number of likely N-dealkylation sites (tertiary alicyclic amines) is 1. The molecular weight excluding hydrogens is 388 g/mol. The Morgan fingerprint density at radius 1 is 1.13 bits per heavy atom. The number of piperidine rings is 1. The van der Waals surface area contributed by atoms with Gasteiger partial charge in [-0.2, -0.15) is 0 Å². The highest BCUT2D eigenvalue weighted by Gasteiger charge is 2.39. The van der Waals surface area contributed by atoms with Crippen molar-refractivity contribution in [2.75, 3.05) is 6.54 Å². The van der Waals surface area contributed by atoms with E-state index in [0.29, 0.717) is 42.9 Å². The minimum atomic E-state index is -0.637. The molecule has 0 saturated carbocycles. The third-order valence-electron chi connectivity index (χ3n) is 5.84. The molecule has 1 N–H and O–H groups in total. The summed E-state index contributed by atoms with van der Waals surface area (Å²) in [6.07, 6.45) is 3.75. The Bertz CT molecular complexity index is 1080. The van der Waals surface area contributed by atoms with Crippen molar-refractivity contribution in [1.29, 1.82) is 0 Å². The molecule has 154 valence electrons. The summed E-state index contributed by atoms with van der Waals surface area (Å²) in [5, 5.41) is 10.6. The molecular formula is C20H20N6O4. The third kappa shape index (κ3) is 3.14. The van der Waals surface area contributed by atoms with Gasteiger partial charge in [0.1, 0.15) is 11.7 Å². The first-order valence-corrected chi connectivity index (χ1v) is 9.96. The fraction of sp³-hybridized carbons (Fsp3) is 0.400. The Hall–Kier alpha value is -3.56. The molecule has 1 aromatic heterocycles. The van der Waals surface area contributed by atoms with Crippen LogP contribution in [0, 0.1) is 0 Å². The predicted octanol–water partition coefficient (Wildman–Crippen LogP) is 0.151. The van der Waals surface area contributed by atoms with Crippen LogP contribution in [0.25, 0.3) is 5.69 Å². The predicted molar refractivity (Wildman–Crippen MR) is 102 cm³/mol. The average molecular weight is 408 g/mol. The van der Waals surface area contributed by atoms with Gasteiger partial charge in [0.15, 0.2) is 0 Å². The number of benzene rings is 1. The highest BCUT2D eigenvalue weighted by molar-refractivity contribution is 6.05. The van der Waals surface area contributed by atoms with Crippen LogP contribution in [0.15, 0.2) is 24.4 Å². The SMILES string of the molecule is O=C1CCC(N2Cc3ccc(-n4cc(CN5CCCC5=O)nn4)cc3C2=O)C(=O)N1. The second-order valence-electron chi connectivity index (χ2n) is 7.81. The minimum Gasteiger partial charge on any atom is -0.337 e. The Balaban J connectivity index is 1.34. The standard InChI is InChI=1S/C20H20N6O4/c27-17-6-5-16(19(29)21-17)25-9-12-3-4-14(8-15(12)20(25)30)26-11-13(22-23-26)10-24-7-1-2-18(24)28/h3-4,8,11,16H,1-2,5-7,9-10H2,(H,21,27,29). The highest BCUT2D eigenvalue weighted by atomic mass is 16.2. The van der Waals surface area contributed by atoms with E-state index in [4.69, 9.17) is 0 Å². The molecule has 3 aliphatic heterocycles. The lowest BCUT2D eigenvalue weighted by Gasteiger charge is -2.29. The Morgan fingerprint density at radius 3 is 2.77 bits per heavy atom. The van der Waals surface area contributed by atoms with Crippen molar-refractivity contribution in [2.24, 2.45) is 0 Å². The van der Waals surface area contributed by atoms with Gasteiger partial charge in [0, 0.05) is 31.5 Å². The lowest BCUT2D eigenvalue weighted by atomic mass is 10.0. The molecule has 2 aromatic rings. The van der Waals surface area contributed by atoms with Gasteiger partial charge in [-0.3, -0.25) is 24.5 Å². The molecule has 0 aliphatic carbocycles. The zero-order valence-corrected chi connectivity index (χ0v) is 16.2. The summed E-state index contributed by atoms with van der Waals surface area (Å²) in [4.78, 5) is 51.6. The van der Waals surface area contributed by atoms with Gasteiger partial charge >= 0.3 is 0 Å².